The third-order valence-corrected chi connectivity index (χ3v) is 7.69. The molecule has 0 radical (unpaired) electrons. The third kappa shape index (κ3) is 6.32. The lowest BCUT2D eigenvalue weighted by Gasteiger charge is -2.35. The minimum absolute atomic E-state index is 0.0134. The Morgan fingerprint density at radius 1 is 1.05 bits per heavy atom. The lowest BCUT2D eigenvalue weighted by Crippen LogP contribution is -2.57. The maximum atomic E-state index is 13.5. The van der Waals surface area contributed by atoms with Gasteiger partial charge in [-0.25, -0.2) is 0 Å². The van der Waals surface area contributed by atoms with Crippen LogP contribution in [0.2, 0.25) is 0 Å². The van der Waals surface area contributed by atoms with E-state index >= 15 is 0 Å². The molecule has 0 aliphatic carbocycles. The molecule has 3 aliphatic heterocycles. The maximum absolute atomic E-state index is 13.5. The second-order valence-electron chi connectivity index (χ2n) is 10.3. The van der Waals surface area contributed by atoms with Gasteiger partial charge in [0.15, 0.2) is 0 Å². The van der Waals surface area contributed by atoms with Crippen LogP contribution in [0, 0.1) is 5.92 Å². The normalized spacial score (nSPS) is 26.0. The van der Waals surface area contributed by atoms with E-state index in [1.165, 1.54) is 0 Å². The second kappa shape index (κ2) is 12.4. The number of fused-ring (bicyclic) bond motifs is 1. The number of nitrogens with zero attached hydrogens (tertiary/aromatic N) is 1. The molecular formula is C27H37N5O6. The van der Waals surface area contributed by atoms with Crippen LogP contribution in [0.1, 0.15) is 57.4 Å². The molecule has 0 saturated carbocycles. The van der Waals surface area contributed by atoms with Crippen molar-refractivity contribution >= 4 is 35.3 Å². The molecule has 3 saturated heterocycles. The fourth-order valence-electron chi connectivity index (χ4n) is 5.38. The van der Waals surface area contributed by atoms with Crippen molar-refractivity contribution in [1.82, 2.24) is 20.9 Å². The lowest BCUT2D eigenvalue weighted by molar-refractivity contribution is -0.144. The van der Waals surface area contributed by atoms with Crippen molar-refractivity contribution in [3.63, 3.8) is 0 Å². The van der Waals surface area contributed by atoms with Crippen molar-refractivity contribution < 1.29 is 28.7 Å². The Labute approximate surface area is 222 Å². The zero-order chi connectivity index (χ0) is 27.2. The summed E-state index contributed by atoms with van der Waals surface area (Å²) in [5.74, 6) is -2.40. The lowest BCUT2D eigenvalue weighted by atomic mass is 9.98. The first kappa shape index (κ1) is 27.6. The molecular weight excluding hydrogens is 490 g/mol. The fraction of sp³-hybridized carbons (Fsp3) is 0.593. The fourth-order valence-corrected chi connectivity index (χ4v) is 5.38. The molecule has 1 aromatic rings. The van der Waals surface area contributed by atoms with Crippen LogP contribution >= 0.6 is 0 Å². The summed E-state index contributed by atoms with van der Waals surface area (Å²) in [5, 5.41) is 11.4. The number of rotatable bonds is 8. The van der Waals surface area contributed by atoms with Gasteiger partial charge in [0.05, 0.1) is 12.6 Å². The molecule has 4 N–H and O–H groups in total. The van der Waals surface area contributed by atoms with Crippen molar-refractivity contribution in [2.24, 2.45) is 5.92 Å². The number of hydrogen-bond donors (Lipinski definition) is 4. The van der Waals surface area contributed by atoms with Gasteiger partial charge in [0, 0.05) is 24.7 Å². The molecule has 11 heteroatoms. The van der Waals surface area contributed by atoms with Crippen molar-refractivity contribution in [2.75, 3.05) is 19.0 Å². The van der Waals surface area contributed by atoms with Crippen LogP contribution in [0.25, 0.3) is 0 Å². The SMILES string of the molecule is CN[C@@H](C)C(=O)N[C@H]1CCCC[C@H]2CC[C@@H](C(=O)NCc3cccc(NC(=O)C4CCOC4=O)c3)N2C1=O. The zero-order valence-electron chi connectivity index (χ0n) is 22.0. The molecule has 38 heavy (non-hydrogen) atoms. The number of hydrogen-bond acceptors (Lipinski definition) is 7. The Balaban J connectivity index is 1.38. The largest absolute Gasteiger partial charge is 0.465 e. The Bertz CT molecular complexity index is 1080. The summed E-state index contributed by atoms with van der Waals surface area (Å²) < 4.78 is 4.86. The number of ether oxygens (including phenoxy) is 1. The average molecular weight is 528 g/mol. The number of esters is 1. The van der Waals surface area contributed by atoms with Crippen molar-refractivity contribution in [3.8, 4) is 0 Å². The predicted octanol–water partition coefficient (Wildman–Crippen LogP) is 0.831. The number of anilines is 1. The highest BCUT2D eigenvalue weighted by Gasteiger charge is 2.44. The van der Waals surface area contributed by atoms with Gasteiger partial charge in [0.1, 0.15) is 18.0 Å². The summed E-state index contributed by atoms with van der Waals surface area (Å²) in [4.78, 5) is 65.0. The Morgan fingerprint density at radius 2 is 1.84 bits per heavy atom. The zero-order valence-corrected chi connectivity index (χ0v) is 22.0. The summed E-state index contributed by atoms with van der Waals surface area (Å²) in [6, 6.07) is 5.37. The van der Waals surface area contributed by atoms with Crippen molar-refractivity contribution in [1.29, 1.82) is 0 Å². The van der Waals surface area contributed by atoms with Gasteiger partial charge in [-0.2, -0.15) is 0 Å². The summed E-state index contributed by atoms with van der Waals surface area (Å²) in [5.41, 5.74) is 1.29. The molecule has 5 atom stereocenters. The molecule has 4 rings (SSSR count). The summed E-state index contributed by atoms with van der Waals surface area (Å²) in [6.45, 7) is 2.20. The van der Waals surface area contributed by atoms with Crippen LogP contribution < -0.4 is 21.3 Å². The number of carbonyl (C=O) groups is 5. The van der Waals surface area contributed by atoms with Gasteiger partial charge in [0.2, 0.25) is 23.6 Å². The van der Waals surface area contributed by atoms with Crippen LogP contribution in [0.5, 0.6) is 0 Å². The highest BCUT2D eigenvalue weighted by atomic mass is 16.5. The first-order valence-corrected chi connectivity index (χ1v) is 13.4. The van der Waals surface area contributed by atoms with Crippen LogP contribution in [0.15, 0.2) is 24.3 Å². The molecule has 3 aliphatic rings. The molecule has 3 fully saturated rings. The van der Waals surface area contributed by atoms with Gasteiger partial charge >= 0.3 is 5.97 Å². The van der Waals surface area contributed by atoms with Gasteiger partial charge in [0.25, 0.3) is 0 Å². The topological polar surface area (TPSA) is 146 Å². The van der Waals surface area contributed by atoms with Crippen LogP contribution in [-0.2, 0) is 35.3 Å². The molecule has 11 nitrogen and oxygen atoms in total. The van der Waals surface area contributed by atoms with Gasteiger partial charge in [-0.05, 0) is 57.4 Å². The molecule has 206 valence electrons. The monoisotopic (exact) mass is 527 g/mol. The molecule has 3 heterocycles. The second-order valence-corrected chi connectivity index (χ2v) is 10.3. The molecule has 4 amide bonds. The number of likely N-dealkylation sites (N-methyl/N-ethyl adjacent to an activating group) is 1. The van der Waals surface area contributed by atoms with Crippen LogP contribution in [-0.4, -0.2) is 72.3 Å². The Kier molecular flexibility index (Phi) is 8.98. The van der Waals surface area contributed by atoms with E-state index in [1.807, 2.05) is 6.07 Å². The van der Waals surface area contributed by atoms with E-state index in [9.17, 15) is 24.0 Å². The molecule has 1 aromatic carbocycles. The van der Waals surface area contributed by atoms with Gasteiger partial charge in [-0.3, -0.25) is 24.0 Å². The van der Waals surface area contributed by atoms with E-state index in [-0.39, 0.29) is 36.9 Å². The smallest absolute Gasteiger partial charge is 0.318 e. The third-order valence-electron chi connectivity index (χ3n) is 7.69. The number of nitrogens with one attached hydrogen (secondary N) is 4. The van der Waals surface area contributed by atoms with Gasteiger partial charge in [-0.15, -0.1) is 0 Å². The average Bonchev–Trinajstić information content (AvgIpc) is 3.53. The van der Waals surface area contributed by atoms with E-state index in [0.29, 0.717) is 24.9 Å². The standard InChI is InChI=1S/C27H37N5O6/c1-16(28-2)23(33)31-21-9-4-3-8-19-10-11-22(32(19)26(21)36)25(35)29-15-17-6-5-7-18(14-17)30-24(34)20-12-13-38-27(20)37/h5-7,14,16,19-22,28H,3-4,8-13,15H2,1-2H3,(H,29,35)(H,30,34)(H,31,33)/t16-,19-,20?,21-,22-/m0/s1. The van der Waals surface area contributed by atoms with E-state index in [2.05, 4.69) is 21.3 Å². The van der Waals surface area contributed by atoms with E-state index in [0.717, 1.165) is 31.2 Å². The van der Waals surface area contributed by atoms with Gasteiger partial charge in [-0.1, -0.05) is 25.0 Å². The summed E-state index contributed by atoms with van der Waals surface area (Å²) >= 11 is 0. The van der Waals surface area contributed by atoms with E-state index < -0.39 is 35.9 Å². The number of cyclic esters (lactones) is 1. The van der Waals surface area contributed by atoms with Crippen LogP contribution in [0.3, 0.4) is 0 Å². The van der Waals surface area contributed by atoms with Crippen molar-refractivity contribution in [2.45, 2.75) is 82.6 Å². The first-order valence-electron chi connectivity index (χ1n) is 13.4. The highest BCUT2D eigenvalue weighted by Crippen LogP contribution is 2.31. The van der Waals surface area contributed by atoms with E-state index in [1.54, 1.807) is 37.1 Å². The van der Waals surface area contributed by atoms with Gasteiger partial charge < -0.3 is 30.9 Å². The molecule has 1 unspecified atom stereocenters. The molecule has 0 spiro atoms. The highest BCUT2D eigenvalue weighted by molar-refractivity contribution is 6.05. The van der Waals surface area contributed by atoms with Crippen molar-refractivity contribution in [3.05, 3.63) is 29.8 Å². The molecule has 0 bridgehead atoms. The minimum Gasteiger partial charge on any atom is -0.465 e. The molecule has 0 aromatic heterocycles. The van der Waals surface area contributed by atoms with Crippen LogP contribution in [0.4, 0.5) is 5.69 Å². The quantitative estimate of drug-likeness (QED) is 0.289. The number of carbonyl (C=O) groups excluding carboxylic acids is 5. The first-order chi connectivity index (χ1) is 18.3. The summed E-state index contributed by atoms with van der Waals surface area (Å²) in [7, 11) is 1.69. The Morgan fingerprint density at radius 3 is 2.58 bits per heavy atom. The maximum Gasteiger partial charge on any atom is 0.318 e. The summed E-state index contributed by atoms with van der Waals surface area (Å²) in [6.07, 6.45) is 4.87. The Hall–Kier alpha value is -3.47. The number of amides is 4. The number of benzene rings is 1. The predicted molar refractivity (Wildman–Crippen MR) is 139 cm³/mol. The van der Waals surface area contributed by atoms with E-state index in [4.69, 9.17) is 4.74 Å². The minimum atomic E-state index is -0.806.